The van der Waals surface area contributed by atoms with E-state index in [-0.39, 0.29) is 22.7 Å². The topological polar surface area (TPSA) is 55.0 Å². The van der Waals surface area contributed by atoms with E-state index in [0.29, 0.717) is 12.1 Å². The second-order valence-electron chi connectivity index (χ2n) is 7.10. The van der Waals surface area contributed by atoms with Crippen molar-refractivity contribution in [3.05, 3.63) is 89.4 Å². The number of carbonyl (C=O) groups is 1. The predicted molar refractivity (Wildman–Crippen MR) is 104 cm³/mol. The van der Waals surface area contributed by atoms with E-state index in [9.17, 15) is 22.4 Å². The molecule has 5 nitrogen and oxygen atoms in total. The third-order valence-corrected chi connectivity index (χ3v) is 5.25. The highest BCUT2D eigenvalue weighted by atomic mass is 19.1. The molecule has 160 valence electrons. The molecule has 2 atom stereocenters. The molecule has 0 spiro atoms. The SMILES string of the molecule is COC(=O)C1(C)C(c2ccco2)C(c2ccc(F)cc2F)=NN1c1ccc(F)cc1F. The summed E-state index contributed by atoms with van der Waals surface area (Å²) in [5, 5.41) is 5.35. The van der Waals surface area contributed by atoms with Crippen LogP contribution in [0.5, 0.6) is 0 Å². The molecule has 1 aliphatic rings. The van der Waals surface area contributed by atoms with Crippen molar-refractivity contribution in [1.82, 2.24) is 0 Å². The number of carbonyl (C=O) groups excluding carboxylic acids is 1. The lowest BCUT2D eigenvalue weighted by Gasteiger charge is -2.35. The highest BCUT2D eigenvalue weighted by Crippen LogP contribution is 2.46. The van der Waals surface area contributed by atoms with E-state index in [1.165, 1.54) is 19.3 Å². The van der Waals surface area contributed by atoms with E-state index < -0.39 is 40.7 Å². The highest BCUT2D eigenvalue weighted by Gasteiger charge is 2.57. The number of methoxy groups -OCH3 is 1. The monoisotopic (exact) mass is 432 g/mol. The molecule has 3 aromatic rings. The van der Waals surface area contributed by atoms with Gasteiger partial charge in [0, 0.05) is 17.7 Å². The Morgan fingerprint density at radius 1 is 1.06 bits per heavy atom. The zero-order valence-corrected chi connectivity index (χ0v) is 16.4. The van der Waals surface area contributed by atoms with Crippen LogP contribution in [0.15, 0.2) is 64.3 Å². The van der Waals surface area contributed by atoms with Gasteiger partial charge in [-0.05, 0) is 43.3 Å². The maximum atomic E-state index is 14.7. The van der Waals surface area contributed by atoms with Gasteiger partial charge in [0.05, 0.1) is 30.7 Å². The van der Waals surface area contributed by atoms with E-state index in [4.69, 9.17) is 9.15 Å². The van der Waals surface area contributed by atoms with Crippen LogP contribution in [0.1, 0.15) is 24.2 Å². The average molecular weight is 432 g/mol. The van der Waals surface area contributed by atoms with Gasteiger partial charge in [0.15, 0.2) is 11.4 Å². The summed E-state index contributed by atoms with van der Waals surface area (Å²) in [7, 11) is 1.14. The zero-order chi connectivity index (χ0) is 22.3. The van der Waals surface area contributed by atoms with E-state index in [1.807, 2.05) is 0 Å². The molecule has 0 radical (unpaired) electrons. The van der Waals surface area contributed by atoms with Crippen molar-refractivity contribution >= 4 is 17.4 Å². The zero-order valence-electron chi connectivity index (χ0n) is 16.4. The van der Waals surface area contributed by atoms with Gasteiger partial charge >= 0.3 is 5.97 Å². The first-order chi connectivity index (χ1) is 14.8. The van der Waals surface area contributed by atoms with Crippen LogP contribution in [0.25, 0.3) is 0 Å². The van der Waals surface area contributed by atoms with Gasteiger partial charge in [-0.2, -0.15) is 5.10 Å². The van der Waals surface area contributed by atoms with Crippen molar-refractivity contribution in [2.75, 3.05) is 12.1 Å². The molecule has 4 rings (SSSR count). The molecule has 0 fully saturated rings. The standard InChI is InChI=1S/C22H16F4N2O3/c1-22(21(29)30-2)19(18-4-3-9-31-18)20(14-7-5-12(23)10-15(14)25)27-28(22)17-8-6-13(24)11-16(17)26/h3-11,19H,1-2H3. The summed E-state index contributed by atoms with van der Waals surface area (Å²) in [4.78, 5) is 13.0. The highest BCUT2D eigenvalue weighted by molar-refractivity contribution is 6.12. The third kappa shape index (κ3) is 3.26. The Kier molecular flexibility index (Phi) is 5.04. The van der Waals surface area contributed by atoms with Crippen LogP contribution in [0.2, 0.25) is 0 Å². The third-order valence-electron chi connectivity index (χ3n) is 5.25. The summed E-state index contributed by atoms with van der Waals surface area (Å²) in [6.45, 7) is 1.42. The summed E-state index contributed by atoms with van der Waals surface area (Å²) in [5.41, 5.74) is -2.09. The fourth-order valence-corrected chi connectivity index (χ4v) is 3.80. The minimum Gasteiger partial charge on any atom is -0.469 e. The molecule has 0 saturated heterocycles. The molecule has 0 bridgehead atoms. The molecule has 0 saturated carbocycles. The van der Waals surface area contributed by atoms with Gasteiger partial charge in [-0.15, -0.1) is 0 Å². The molecule has 2 unspecified atom stereocenters. The number of furan rings is 1. The van der Waals surface area contributed by atoms with E-state index in [1.54, 1.807) is 12.1 Å². The van der Waals surface area contributed by atoms with Gasteiger partial charge in [-0.25, -0.2) is 27.4 Å². The number of anilines is 1. The maximum Gasteiger partial charge on any atom is 0.334 e. The Labute approximate surface area is 174 Å². The number of ether oxygens (including phenoxy) is 1. The summed E-state index contributed by atoms with van der Waals surface area (Å²) in [5.74, 6) is -5.19. The fraction of sp³-hybridized carbons (Fsp3) is 0.182. The summed E-state index contributed by atoms with van der Waals surface area (Å²) in [6.07, 6.45) is 1.35. The molecule has 9 heteroatoms. The molecular formula is C22H16F4N2O3. The molecule has 2 aromatic carbocycles. The first-order valence-corrected chi connectivity index (χ1v) is 9.18. The van der Waals surface area contributed by atoms with Gasteiger partial charge in [0.25, 0.3) is 0 Å². The lowest BCUT2D eigenvalue weighted by atomic mass is 9.78. The van der Waals surface area contributed by atoms with Gasteiger partial charge < -0.3 is 9.15 Å². The van der Waals surface area contributed by atoms with Crippen LogP contribution in [0.4, 0.5) is 23.2 Å². The normalized spacial score (nSPS) is 20.6. The number of esters is 1. The number of halogens is 4. The number of hydrazone groups is 1. The van der Waals surface area contributed by atoms with E-state index >= 15 is 0 Å². The Balaban J connectivity index is 2.00. The number of hydrogen-bond donors (Lipinski definition) is 0. The summed E-state index contributed by atoms with van der Waals surface area (Å²) in [6, 6.07) is 8.75. The average Bonchev–Trinajstić information content (AvgIpc) is 3.34. The molecule has 1 aromatic heterocycles. The lowest BCUT2D eigenvalue weighted by molar-refractivity contribution is -0.146. The fourth-order valence-electron chi connectivity index (χ4n) is 3.80. The molecule has 1 aliphatic heterocycles. The minimum absolute atomic E-state index is 0.0101. The molecule has 2 heterocycles. The van der Waals surface area contributed by atoms with Crippen molar-refractivity contribution in [2.24, 2.45) is 5.10 Å². The van der Waals surface area contributed by atoms with Gasteiger partial charge in [0.1, 0.15) is 23.2 Å². The van der Waals surface area contributed by atoms with Crippen molar-refractivity contribution < 1.29 is 31.5 Å². The van der Waals surface area contributed by atoms with Crippen LogP contribution in [0, 0.1) is 23.3 Å². The number of hydrogen-bond acceptors (Lipinski definition) is 5. The van der Waals surface area contributed by atoms with Crippen molar-refractivity contribution in [3.8, 4) is 0 Å². The molecule has 0 aliphatic carbocycles. The Hall–Kier alpha value is -3.62. The summed E-state index contributed by atoms with van der Waals surface area (Å²) >= 11 is 0. The Morgan fingerprint density at radius 2 is 1.74 bits per heavy atom. The van der Waals surface area contributed by atoms with Gasteiger partial charge in [0.2, 0.25) is 0 Å². The minimum atomic E-state index is -1.73. The predicted octanol–water partition coefficient (Wildman–Crippen LogP) is 4.78. The maximum absolute atomic E-state index is 14.7. The van der Waals surface area contributed by atoms with Crippen LogP contribution in [-0.2, 0) is 9.53 Å². The van der Waals surface area contributed by atoms with E-state index in [0.717, 1.165) is 30.3 Å². The lowest BCUT2D eigenvalue weighted by Crippen LogP contribution is -2.53. The summed E-state index contributed by atoms with van der Waals surface area (Å²) < 4.78 is 66.9. The van der Waals surface area contributed by atoms with Crippen molar-refractivity contribution in [1.29, 1.82) is 0 Å². The number of rotatable bonds is 4. The number of benzene rings is 2. The molecular weight excluding hydrogens is 416 g/mol. The quantitative estimate of drug-likeness (QED) is 0.440. The second-order valence-corrected chi connectivity index (χ2v) is 7.10. The first kappa shape index (κ1) is 20.6. The van der Waals surface area contributed by atoms with Gasteiger partial charge in [-0.1, -0.05) is 0 Å². The van der Waals surface area contributed by atoms with Crippen molar-refractivity contribution in [3.63, 3.8) is 0 Å². The smallest absolute Gasteiger partial charge is 0.334 e. The van der Waals surface area contributed by atoms with E-state index in [2.05, 4.69) is 5.10 Å². The largest absolute Gasteiger partial charge is 0.469 e. The molecule has 31 heavy (non-hydrogen) atoms. The van der Waals surface area contributed by atoms with Crippen molar-refractivity contribution in [2.45, 2.75) is 18.4 Å². The molecule has 0 amide bonds. The molecule has 0 N–H and O–H groups in total. The number of nitrogens with zero attached hydrogens (tertiary/aromatic N) is 2. The van der Waals surface area contributed by atoms with Crippen LogP contribution in [0.3, 0.4) is 0 Å². The van der Waals surface area contributed by atoms with Crippen LogP contribution in [-0.4, -0.2) is 24.3 Å². The Morgan fingerprint density at radius 3 is 2.32 bits per heavy atom. The second kappa shape index (κ2) is 7.57. The van der Waals surface area contributed by atoms with Gasteiger partial charge in [-0.3, -0.25) is 0 Å². The van der Waals surface area contributed by atoms with Crippen LogP contribution >= 0.6 is 0 Å². The first-order valence-electron chi connectivity index (χ1n) is 9.18. The van der Waals surface area contributed by atoms with Crippen LogP contribution < -0.4 is 5.01 Å². The Bertz CT molecular complexity index is 1180.